The molecule has 2 unspecified atom stereocenters. The van der Waals surface area contributed by atoms with E-state index < -0.39 is 0 Å². The van der Waals surface area contributed by atoms with Crippen molar-refractivity contribution in [1.29, 1.82) is 0 Å². The van der Waals surface area contributed by atoms with Gasteiger partial charge in [0, 0.05) is 22.3 Å². The summed E-state index contributed by atoms with van der Waals surface area (Å²) in [5.74, 6) is 0.457. The van der Waals surface area contributed by atoms with Gasteiger partial charge in [-0.15, -0.1) is 0 Å². The van der Waals surface area contributed by atoms with E-state index >= 15 is 0 Å². The minimum absolute atomic E-state index is 0.114. The molecule has 1 heterocycles. The quantitative estimate of drug-likeness (QED) is 0.872. The maximum atomic E-state index is 11.1. The summed E-state index contributed by atoms with van der Waals surface area (Å²) in [4.78, 5) is 13.2. The molecule has 92 valence electrons. The highest BCUT2D eigenvalue weighted by molar-refractivity contribution is 9.10. The molecule has 2 rings (SSSR count). The molecule has 0 radical (unpaired) electrons. The van der Waals surface area contributed by atoms with Crippen molar-refractivity contribution in [3.63, 3.8) is 0 Å². The summed E-state index contributed by atoms with van der Waals surface area (Å²) in [6.45, 7) is 3.16. The second kappa shape index (κ2) is 5.19. The molecule has 1 aliphatic heterocycles. The average molecular weight is 298 g/mol. The molecule has 0 aromatic heterocycles. The molecule has 17 heavy (non-hydrogen) atoms. The zero-order valence-electron chi connectivity index (χ0n) is 9.77. The number of halogens is 1. The molecule has 0 bridgehead atoms. The van der Waals surface area contributed by atoms with E-state index in [4.69, 9.17) is 0 Å². The maximum Gasteiger partial charge on any atom is 0.152 e. The first-order valence-corrected chi connectivity index (χ1v) is 6.59. The van der Waals surface area contributed by atoms with Crippen molar-refractivity contribution >= 4 is 27.9 Å². The third kappa shape index (κ3) is 2.38. The van der Waals surface area contributed by atoms with Crippen LogP contribution in [0.3, 0.4) is 0 Å². The number of benzene rings is 1. The zero-order valence-corrected chi connectivity index (χ0v) is 11.4. The lowest BCUT2D eigenvalue weighted by atomic mass is 10.0. The van der Waals surface area contributed by atoms with Gasteiger partial charge in [0.15, 0.2) is 6.29 Å². The molecule has 0 spiro atoms. The molecule has 1 fully saturated rings. The van der Waals surface area contributed by atoms with Crippen LogP contribution in [0.1, 0.15) is 23.7 Å². The Hall–Kier alpha value is -0.870. The minimum Gasteiger partial charge on any atom is -0.394 e. The summed E-state index contributed by atoms with van der Waals surface area (Å²) >= 11 is 3.42. The number of anilines is 1. The first kappa shape index (κ1) is 12.6. The van der Waals surface area contributed by atoms with Crippen molar-refractivity contribution in [3.8, 4) is 0 Å². The van der Waals surface area contributed by atoms with Crippen LogP contribution in [-0.4, -0.2) is 30.6 Å². The van der Waals surface area contributed by atoms with Gasteiger partial charge in [0.1, 0.15) is 0 Å². The normalized spacial score (nSPS) is 24.1. The molecule has 1 aromatic rings. The first-order chi connectivity index (χ1) is 8.17. The lowest BCUT2D eigenvalue weighted by Gasteiger charge is -2.28. The fraction of sp³-hybridized carbons (Fsp3) is 0.462. The highest BCUT2D eigenvalue weighted by Crippen LogP contribution is 2.33. The van der Waals surface area contributed by atoms with Crippen LogP contribution in [0.25, 0.3) is 0 Å². The predicted molar refractivity (Wildman–Crippen MR) is 71.5 cm³/mol. The van der Waals surface area contributed by atoms with Crippen LogP contribution in [0.2, 0.25) is 0 Å². The first-order valence-electron chi connectivity index (χ1n) is 5.79. The van der Waals surface area contributed by atoms with Crippen molar-refractivity contribution in [3.05, 3.63) is 28.2 Å². The summed E-state index contributed by atoms with van der Waals surface area (Å²) in [6, 6.07) is 5.73. The molecule has 1 N–H and O–H groups in total. The van der Waals surface area contributed by atoms with Crippen LogP contribution in [-0.2, 0) is 0 Å². The number of rotatable bonds is 3. The predicted octanol–water partition coefficient (Wildman–Crippen LogP) is 2.47. The van der Waals surface area contributed by atoms with Gasteiger partial charge in [0.25, 0.3) is 0 Å². The van der Waals surface area contributed by atoms with E-state index in [1.165, 1.54) is 0 Å². The van der Waals surface area contributed by atoms with Crippen LogP contribution in [0.15, 0.2) is 22.7 Å². The number of aldehydes is 1. The minimum atomic E-state index is 0.114. The van der Waals surface area contributed by atoms with Gasteiger partial charge in [-0.3, -0.25) is 4.79 Å². The van der Waals surface area contributed by atoms with Gasteiger partial charge in [0.05, 0.1) is 12.6 Å². The number of carbonyl (C=O) groups excluding carboxylic acids is 1. The van der Waals surface area contributed by atoms with E-state index in [1.54, 1.807) is 0 Å². The topological polar surface area (TPSA) is 40.5 Å². The summed E-state index contributed by atoms with van der Waals surface area (Å²) in [5.41, 5.74) is 1.60. The van der Waals surface area contributed by atoms with Gasteiger partial charge in [0.2, 0.25) is 0 Å². The average Bonchev–Trinajstić information content (AvgIpc) is 2.70. The molecule has 4 heteroatoms. The number of hydrogen-bond donors (Lipinski definition) is 1. The number of hydrogen-bond acceptors (Lipinski definition) is 3. The Morgan fingerprint density at radius 2 is 2.35 bits per heavy atom. The van der Waals surface area contributed by atoms with Crippen molar-refractivity contribution in [1.82, 2.24) is 0 Å². The molecular formula is C13H16BrNO2. The van der Waals surface area contributed by atoms with Gasteiger partial charge < -0.3 is 10.0 Å². The lowest BCUT2D eigenvalue weighted by Crippen LogP contribution is -2.35. The van der Waals surface area contributed by atoms with Gasteiger partial charge in [-0.2, -0.15) is 0 Å². The van der Waals surface area contributed by atoms with Gasteiger partial charge in [-0.25, -0.2) is 0 Å². The summed E-state index contributed by atoms with van der Waals surface area (Å²) in [7, 11) is 0. The van der Waals surface area contributed by atoms with Crippen molar-refractivity contribution < 1.29 is 9.90 Å². The fourth-order valence-electron chi connectivity index (χ4n) is 2.45. The number of aliphatic hydroxyl groups is 1. The molecule has 1 saturated heterocycles. The molecule has 0 amide bonds. The largest absolute Gasteiger partial charge is 0.394 e. The van der Waals surface area contributed by atoms with Crippen LogP contribution < -0.4 is 4.90 Å². The smallest absolute Gasteiger partial charge is 0.152 e. The van der Waals surface area contributed by atoms with Gasteiger partial charge in [-0.1, -0.05) is 22.9 Å². The van der Waals surface area contributed by atoms with E-state index in [2.05, 4.69) is 27.8 Å². The van der Waals surface area contributed by atoms with Gasteiger partial charge in [-0.05, 0) is 30.5 Å². The van der Waals surface area contributed by atoms with Crippen molar-refractivity contribution in [2.45, 2.75) is 19.4 Å². The molecule has 2 atom stereocenters. The number of carbonyl (C=O) groups is 1. The summed E-state index contributed by atoms with van der Waals surface area (Å²) in [6.07, 6.45) is 1.93. The molecular weight excluding hydrogens is 282 g/mol. The Morgan fingerprint density at radius 1 is 1.59 bits per heavy atom. The van der Waals surface area contributed by atoms with Crippen LogP contribution in [0.4, 0.5) is 5.69 Å². The Morgan fingerprint density at radius 3 is 3.00 bits per heavy atom. The van der Waals surface area contributed by atoms with Crippen LogP contribution in [0, 0.1) is 5.92 Å². The Kier molecular flexibility index (Phi) is 3.84. The highest BCUT2D eigenvalue weighted by Gasteiger charge is 2.31. The third-order valence-electron chi connectivity index (χ3n) is 3.50. The van der Waals surface area contributed by atoms with Crippen LogP contribution in [0.5, 0.6) is 0 Å². The zero-order chi connectivity index (χ0) is 12.4. The number of aliphatic hydroxyl groups excluding tert-OH is 1. The van der Waals surface area contributed by atoms with E-state index in [0.29, 0.717) is 11.5 Å². The fourth-order valence-corrected chi connectivity index (χ4v) is 2.80. The van der Waals surface area contributed by atoms with E-state index in [-0.39, 0.29) is 12.6 Å². The molecule has 1 aliphatic rings. The van der Waals surface area contributed by atoms with Crippen LogP contribution >= 0.6 is 15.9 Å². The molecule has 1 aromatic carbocycles. The maximum absolute atomic E-state index is 11.1. The van der Waals surface area contributed by atoms with Crippen molar-refractivity contribution in [2.24, 2.45) is 5.92 Å². The second-order valence-corrected chi connectivity index (χ2v) is 5.45. The molecule has 0 aliphatic carbocycles. The monoisotopic (exact) mass is 297 g/mol. The van der Waals surface area contributed by atoms with Gasteiger partial charge >= 0.3 is 0 Å². The summed E-state index contributed by atoms with van der Waals surface area (Å²) < 4.78 is 0.953. The summed E-state index contributed by atoms with van der Waals surface area (Å²) in [5, 5.41) is 9.46. The third-order valence-corrected chi connectivity index (χ3v) is 3.99. The highest BCUT2D eigenvalue weighted by atomic mass is 79.9. The lowest BCUT2D eigenvalue weighted by molar-refractivity contribution is 0.112. The standard InChI is InChI=1S/C13H16BrNO2/c1-9-4-5-15(13(9)8-17)12-6-11(14)3-2-10(12)7-16/h2-3,6-7,9,13,17H,4-5,8H2,1H3. The molecule has 3 nitrogen and oxygen atoms in total. The Labute approximate surface area is 110 Å². The van der Waals surface area contributed by atoms with E-state index in [9.17, 15) is 9.90 Å². The second-order valence-electron chi connectivity index (χ2n) is 4.53. The van der Waals surface area contributed by atoms with E-state index in [0.717, 1.165) is 29.4 Å². The number of nitrogens with zero attached hydrogens (tertiary/aromatic N) is 1. The molecule has 0 saturated carbocycles. The Bertz CT molecular complexity index is 422. The Balaban J connectivity index is 2.39. The van der Waals surface area contributed by atoms with Crippen molar-refractivity contribution in [2.75, 3.05) is 18.1 Å². The SMILES string of the molecule is CC1CCN(c2cc(Br)ccc2C=O)C1CO. The van der Waals surface area contributed by atoms with E-state index in [1.807, 2.05) is 18.2 Å².